The van der Waals surface area contributed by atoms with Gasteiger partial charge >= 0.3 is 0 Å². The molecule has 2 aliphatic rings. The molecule has 2 N–H and O–H groups in total. The second-order valence-corrected chi connectivity index (χ2v) is 10.6. The fourth-order valence-corrected chi connectivity index (χ4v) is 5.73. The summed E-state index contributed by atoms with van der Waals surface area (Å²) in [5.74, 6) is -1.33. The highest BCUT2D eigenvalue weighted by Gasteiger charge is 2.52. The summed E-state index contributed by atoms with van der Waals surface area (Å²) in [7, 11) is 0. The minimum atomic E-state index is -2.15. The van der Waals surface area contributed by atoms with Crippen LogP contribution in [0.3, 0.4) is 0 Å². The Bertz CT molecular complexity index is 1380. The molecular formula is C28H26Cl2FN3O3. The van der Waals surface area contributed by atoms with Gasteiger partial charge in [0.15, 0.2) is 5.60 Å². The van der Waals surface area contributed by atoms with Crippen LogP contribution in [0.15, 0.2) is 54.7 Å². The standard InChI is InChI=1S/C28H26Cl2FN3O3/c1-16-21(12-19(30)14-32-16)26(35)33-20-9-6-17(7-10-20)15-34-25-5-3-2-4-22(25)28(37,27(34)36)23-13-18(29)8-11-24(23)31/h2-5,8,11-14,17,20,37H,6-7,9-10,15H2,1H3,(H,33,35)/t17-,20-,28?. The summed E-state index contributed by atoms with van der Waals surface area (Å²) < 4.78 is 14.8. The first-order chi connectivity index (χ1) is 17.7. The lowest BCUT2D eigenvalue weighted by Gasteiger charge is -2.32. The van der Waals surface area contributed by atoms with Crippen molar-refractivity contribution in [2.24, 2.45) is 5.92 Å². The van der Waals surface area contributed by atoms with Crippen LogP contribution >= 0.6 is 23.2 Å². The van der Waals surface area contributed by atoms with E-state index >= 15 is 0 Å². The van der Waals surface area contributed by atoms with Crippen molar-refractivity contribution in [1.29, 1.82) is 0 Å². The van der Waals surface area contributed by atoms with Crippen LogP contribution in [0.2, 0.25) is 10.0 Å². The molecule has 2 heterocycles. The van der Waals surface area contributed by atoms with Gasteiger partial charge in [-0.25, -0.2) is 4.39 Å². The van der Waals surface area contributed by atoms with Crippen LogP contribution in [0.25, 0.3) is 0 Å². The number of aryl methyl sites for hydroxylation is 1. The summed E-state index contributed by atoms with van der Waals surface area (Å²) in [5, 5.41) is 15.3. The Kier molecular flexibility index (Phi) is 6.96. The number of carbonyl (C=O) groups excluding carboxylic acids is 2. The SMILES string of the molecule is Cc1ncc(Cl)cc1C(=O)N[C@H]1CC[C@H](CN2C(=O)C(O)(c3cc(Cl)ccc3F)c3ccccc32)CC1. The Hall–Kier alpha value is -3.00. The molecule has 1 saturated carbocycles. The molecule has 0 bridgehead atoms. The van der Waals surface area contributed by atoms with E-state index in [1.165, 1.54) is 18.3 Å². The molecule has 9 heteroatoms. The maximum Gasteiger partial charge on any atom is 0.268 e. The zero-order valence-electron chi connectivity index (χ0n) is 20.2. The number of benzene rings is 2. The van der Waals surface area contributed by atoms with Crippen molar-refractivity contribution in [2.75, 3.05) is 11.4 Å². The van der Waals surface area contributed by atoms with Crippen molar-refractivity contribution in [3.05, 3.63) is 93.0 Å². The molecule has 0 spiro atoms. The number of amides is 2. The number of nitrogens with zero attached hydrogens (tertiary/aromatic N) is 2. The summed E-state index contributed by atoms with van der Waals surface area (Å²) in [6, 6.07) is 12.4. The summed E-state index contributed by atoms with van der Waals surface area (Å²) >= 11 is 12.1. The van der Waals surface area contributed by atoms with Gasteiger partial charge in [0.05, 0.1) is 22.0 Å². The van der Waals surface area contributed by atoms with Gasteiger partial charge in [-0.3, -0.25) is 14.6 Å². The van der Waals surface area contributed by atoms with E-state index in [-0.39, 0.29) is 28.5 Å². The smallest absolute Gasteiger partial charge is 0.268 e. The number of pyridine rings is 1. The minimum absolute atomic E-state index is 0.00110. The van der Waals surface area contributed by atoms with Gasteiger partial charge < -0.3 is 15.3 Å². The summed E-state index contributed by atoms with van der Waals surface area (Å²) in [6.07, 6.45) is 4.58. The number of nitrogens with one attached hydrogen (secondary N) is 1. The number of para-hydroxylation sites is 1. The molecule has 3 aromatic rings. The number of halogens is 3. The molecule has 37 heavy (non-hydrogen) atoms. The zero-order chi connectivity index (χ0) is 26.3. The quantitative estimate of drug-likeness (QED) is 0.452. The summed E-state index contributed by atoms with van der Waals surface area (Å²) in [4.78, 5) is 32.1. The average Bonchev–Trinajstić information content (AvgIpc) is 3.10. The first-order valence-electron chi connectivity index (χ1n) is 12.2. The maximum absolute atomic E-state index is 14.8. The number of rotatable bonds is 5. The molecule has 1 aromatic heterocycles. The van der Waals surface area contributed by atoms with E-state index in [4.69, 9.17) is 23.2 Å². The molecule has 0 radical (unpaired) electrons. The van der Waals surface area contributed by atoms with E-state index < -0.39 is 17.3 Å². The van der Waals surface area contributed by atoms with Gasteiger partial charge in [-0.15, -0.1) is 0 Å². The van der Waals surface area contributed by atoms with E-state index in [1.54, 1.807) is 42.2 Å². The Labute approximate surface area is 224 Å². The predicted octanol–water partition coefficient (Wildman–Crippen LogP) is 5.41. The number of aliphatic hydroxyl groups is 1. The molecule has 1 aliphatic carbocycles. The molecule has 1 atom stereocenters. The third-order valence-corrected chi connectivity index (χ3v) is 7.82. The molecule has 2 amide bonds. The molecule has 1 fully saturated rings. The number of hydrogen-bond acceptors (Lipinski definition) is 4. The van der Waals surface area contributed by atoms with Gasteiger partial charge in [0.2, 0.25) is 0 Å². The van der Waals surface area contributed by atoms with Crippen molar-refractivity contribution in [3.63, 3.8) is 0 Å². The van der Waals surface area contributed by atoms with E-state index in [1.807, 2.05) is 0 Å². The Balaban J connectivity index is 1.29. The monoisotopic (exact) mass is 541 g/mol. The van der Waals surface area contributed by atoms with Gasteiger partial charge in [0.25, 0.3) is 11.8 Å². The molecule has 1 unspecified atom stereocenters. The minimum Gasteiger partial charge on any atom is -0.372 e. The highest BCUT2D eigenvalue weighted by Crippen LogP contribution is 2.46. The van der Waals surface area contributed by atoms with Gasteiger partial charge in [0, 0.05) is 34.9 Å². The number of carbonyl (C=O) groups is 2. The first-order valence-corrected chi connectivity index (χ1v) is 13.0. The van der Waals surface area contributed by atoms with Gasteiger partial charge in [-0.05, 0) is 68.9 Å². The number of hydrogen-bond donors (Lipinski definition) is 2. The van der Waals surface area contributed by atoms with Crippen molar-refractivity contribution in [3.8, 4) is 0 Å². The predicted molar refractivity (Wildman–Crippen MR) is 140 cm³/mol. The van der Waals surface area contributed by atoms with E-state index in [0.717, 1.165) is 31.7 Å². The first kappa shape index (κ1) is 25.6. The van der Waals surface area contributed by atoms with E-state index in [2.05, 4.69) is 10.3 Å². The fraction of sp³-hybridized carbons (Fsp3) is 0.321. The Morgan fingerprint density at radius 3 is 2.59 bits per heavy atom. The number of anilines is 1. The lowest BCUT2D eigenvalue weighted by atomic mass is 9.85. The third-order valence-electron chi connectivity index (χ3n) is 7.38. The highest BCUT2D eigenvalue weighted by atomic mass is 35.5. The van der Waals surface area contributed by atoms with E-state index in [9.17, 15) is 19.1 Å². The van der Waals surface area contributed by atoms with Crippen LogP contribution in [0.1, 0.15) is 52.9 Å². The van der Waals surface area contributed by atoms with Gasteiger partial charge in [-0.2, -0.15) is 0 Å². The third kappa shape index (κ3) is 4.72. The molecule has 2 aromatic carbocycles. The average molecular weight is 542 g/mol. The lowest BCUT2D eigenvalue weighted by molar-refractivity contribution is -0.132. The maximum atomic E-state index is 14.8. The highest BCUT2D eigenvalue weighted by molar-refractivity contribution is 6.31. The van der Waals surface area contributed by atoms with Crippen LogP contribution in [0, 0.1) is 18.7 Å². The van der Waals surface area contributed by atoms with Crippen molar-refractivity contribution < 1.29 is 19.1 Å². The number of fused-ring (bicyclic) bond motifs is 1. The normalized spacial score (nSPS) is 23.2. The van der Waals surface area contributed by atoms with Gasteiger partial charge in [0.1, 0.15) is 5.82 Å². The zero-order valence-corrected chi connectivity index (χ0v) is 21.7. The molecular weight excluding hydrogens is 516 g/mol. The topological polar surface area (TPSA) is 82.5 Å². The van der Waals surface area contributed by atoms with Crippen LogP contribution in [0.5, 0.6) is 0 Å². The molecule has 6 nitrogen and oxygen atoms in total. The fourth-order valence-electron chi connectivity index (χ4n) is 5.40. The van der Waals surface area contributed by atoms with Crippen molar-refractivity contribution in [2.45, 2.75) is 44.2 Å². The van der Waals surface area contributed by atoms with Crippen LogP contribution in [0.4, 0.5) is 10.1 Å². The second kappa shape index (κ2) is 10.0. The molecule has 0 saturated heterocycles. The second-order valence-electron chi connectivity index (χ2n) is 9.75. The van der Waals surface area contributed by atoms with Crippen LogP contribution in [-0.2, 0) is 10.4 Å². The van der Waals surface area contributed by atoms with Gasteiger partial charge in [-0.1, -0.05) is 41.4 Å². The summed E-state index contributed by atoms with van der Waals surface area (Å²) in [5.41, 5.74) is -0.329. The molecule has 192 valence electrons. The summed E-state index contributed by atoms with van der Waals surface area (Å²) in [6.45, 7) is 2.15. The lowest BCUT2D eigenvalue weighted by Crippen LogP contribution is -2.45. The van der Waals surface area contributed by atoms with Crippen molar-refractivity contribution in [1.82, 2.24) is 10.3 Å². The number of aromatic nitrogens is 1. The van der Waals surface area contributed by atoms with Crippen LogP contribution < -0.4 is 10.2 Å². The largest absolute Gasteiger partial charge is 0.372 e. The van der Waals surface area contributed by atoms with E-state index in [0.29, 0.717) is 34.1 Å². The Morgan fingerprint density at radius 2 is 1.84 bits per heavy atom. The molecule has 5 rings (SSSR count). The molecule has 1 aliphatic heterocycles. The van der Waals surface area contributed by atoms with Crippen molar-refractivity contribution >= 4 is 40.7 Å². The van der Waals surface area contributed by atoms with Crippen LogP contribution in [-0.4, -0.2) is 34.5 Å². The Morgan fingerprint density at radius 1 is 1.11 bits per heavy atom.